The van der Waals surface area contributed by atoms with Crippen molar-refractivity contribution in [3.8, 4) is 0 Å². The molecule has 3 N–H and O–H groups in total. The summed E-state index contributed by atoms with van der Waals surface area (Å²) < 4.78 is 10.3. The Labute approximate surface area is 96.7 Å². The van der Waals surface area contributed by atoms with E-state index in [0.717, 1.165) is 32.3 Å². The number of ether oxygens (including phenoxy) is 2. The highest BCUT2D eigenvalue weighted by Gasteiger charge is 2.21. The first-order valence-corrected chi connectivity index (χ1v) is 5.99. The van der Waals surface area contributed by atoms with Crippen molar-refractivity contribution in [2.45, 2.75) is 44.8 Å². The molecule has 5 nitrogen and oxygen atoms in total. The van der Waals surface area contributed by atoms with E-state index in [2.05, 4.69) is 17.0 Å². The van der Waals surface area contributed by atoms with Crippen molar-refractivity contribution < 1.29 is 14.3 Å². The second-order valence-corrected chi connectivity index (χ2v) is 4.12. The van der Waals surface area contributed by atoms with E-state index in [1.807, 2.05) is 0 Å². The molecule has 0 aromatic heterocycles. The lowest BCUT2D eigenvalue weighted by molar-refractivity contribution is -0.00377. The molecule has 1 amide bonds. The number of carbonyl (C=O) groups is 1. The van der Waals surface area contributed by atoms with Gasteiger partial charge in [-0.2, -0.15) is 0 Å². The van der Waals surface area contributed by atoms with Crippen LogP contribution in [0.5, 0.6) is 0 Å². The van der Waals surface area contributed by atoms with Gasteiger partial charge in [0.05, 0.1) is 6.10 Å². The van der Waals surface area contributed by atoms with E-state index >= 15 is 0 Å². The fourth-order valence-corrected chi connectivity index (χ4v) is 2.00. The predicted molar refractivity (Wildman–Crippen MR) is 61.2 cm³/mol. The number of nitrogens with one attached hydrogen (secondary N) is 1. The molecule has 2 unspecified atom stereocenters. The van der Waals surface area contributed by atoms with Gasteiger partial charge in [0.1, 0.15) is 6.61 Å². The van der Waals surface area contributed by atoms with Gasteiger partial charge in [-0.15, -0.1) is 0 Å². The highest BCUT2D eigenvalue weighted by molar-refractivity contribution is 5.64. The van der Waals surface area contributed by atoms with Gasteiger partial charge in [-0.25, -0.2) is 4.79 Å². The summed E-state index contributed by atoms with van der Waals surface area (Å²) in [6.45, 7) is 3.98. The molecule has 1 fully saturated rings. The second kappa shape index (κ2) is 7.46. The van der Waals surface area contributed by atoms with Gasteiger partial charge >= 0.3 is 6.09 Å². The minimum Gasteiger partial charge on any atom is -0.448 e. The van der Waals surface area contributed by atoms with E-state index < -0.39 is 6.09 Å². The molecule has 0 aromatic rings. The van der Waals surface area contributed by atoms with Crippen LogP contribution in [0.1, 0.15) is 32.6 Å². The smallest absolute Gasteiger partial charge is 0.404 e. The number of rotatable bonds is 6. The third-order valence-electron chi connectivity index (χ3n) is 2.76. The first-order valence-electron chi connectivity index (χ1n) is 5.99. The highest BCUT2D eigenvalue weighted by atomic mass is 16.5. The van der Waals surface area contributed by atoms with Crippen molar-refractivity contribution in [1.29, 1.82) is 0 Å². The average Bonchev–Trinajstić information content (AvgIpc) is 2.25. The zero-order valence-corrected chi connectivity index (χ0v) is 9.91. The predicted octanol–water partition coefficient (Wildman–Crippen LogP) is 1.02. The molecule has 0 aliphatic carbocycles. The quantitative estimate of drug-likeness (QED) is 0.668. The molecule has 0 saturated carbocycles. The third-order valence-corrected chi connectivity index (χ3v) is 2.76. The van der Waals surface area contributed by atoms with Crippen LogP contribution in [0.15, 0.2) is 0 Å². The fraction of sp³-hybridized carbons (Fsp3) is 0.909. The number of hydrogen-bond acceptors (Lipinski definition) is 4. The number of carbonyl (C=O) groups excluding carboxylic acids is 1. The summed E-state index contributed by atoms with van der Waals surface area (Å²) in [5.41, 5.74) is 4.86. The Bertz CT molecular complexity index is 209. The van der Waals surface area contributed by atoms with Crippen LogP contribution in [0.4, 0.5) is 4.79 Å². The van der Waals surface area contributed by atoms with Crippen LogP contribution >= 0.6 is 0 Å². The molecule has 0 radical (unpaired) electrons. The molecule has 1 saturated heterocycles. The second-order valence-electron chi connectivity index (χ2n) is 4.12. The Hall–Kier alpha value is -0.810. The first kappa shape index (κ1) is 13.3. The van der Waals surface area contributed by atoms with Crippen molar-refractivity contribution in [2.75, 3.05) is 19.8 Å². The van der Waals surface area contributed by atoms with Crippen LogP contribution in [-0.4, -0.2) is 38.0 Å². The van der Waals surface area contributed by atoms with Crippen molar-refractivity contribution in [1.82, 2.24) is 5.32 Å². The van der Waals surface area contributed by atoms with Gasteiger partial charge in [-0.3, -0.25) is 0 Å². The van der Waals surface area contributed by atoms with E-state index in [1.165, 1.54) is 0 Å². The maximum absolute atomic E-state index is 10.3. The molecule has 1 heterocycles. The summed E-state index contributed by atoms with van der Waals surface area (Å²) in [4.78, 5) is 10.3. The normalized spacial score (nSPS) is 25.3. The van der Waals surface area contributed by atoms with Gasteiger partial charge in [0.2, 0.25) is 0 Å². The standard InChI is InChI=1S/C11H22N2O3/c1-2-3-10-8-9(4-6-15-10)13-5-7-16-11(12)14/h9-10,13H,2-8H2,1H3,(H2,12,14). The zero-order valence-electron chi connectivity index (χ0n) is 9.91. The number of nitrogens with two attached hydrogens (primary N) is 1. The van der Waals surface area contributed by atoms with E-state index in [4.69, 9.17) is 10.5 Å². The molecule has 5 heteroatoms. The Balaban J connectivity index is 2.09. The third kappa shape index (κ3) is 5.32. The van der Waals surface area contributed by atoms with Crippen molar-refractivity contribution in [2.24, 2.45) is 5.73 Å². The first-order chi connectivity index (χ1) is 7.72. The van der Waals surface area contributed by atoms with Gasteiger partial charge in [-0.05, 0) is 19.3 Å². The van der Waals surface area contributed by atoms with Crippen LogP contribution in [0.2, 0.25) is 0 Å². The Kier molecular flexibility index (Phi) is 6.18. The number of primary amides is 1. The molecule has 16 heavy (non-hydrogen) atoms. The molecule has 0 spiro atoms. The molecule has 1 aliphatic rings. The Morgan fingerprint density at radius 2 is 2.44 bits per heavy atom. The SMILES string of the molecule is CCCC1CC(NCCOC(N)=O)CCO1. The van der Waals surface area contributed by atoms with E-state index in [9.17, 15) is 4.79 Å². The summed E-state index contributed by atoms with van der Waals surface area (Å²) in [5, 5.41) is 3.35. The number of amides is 1. The van der Waals surface area contributed by atoms with Gasteiger partial charge < -0.3 is 20.5 Å². The minimum atomic E-state index is -0.711. The Morgan fingerprint density at radius 3 is 3.12 bits per heavy atom. The fourth-order valence-electron chi connectivity index (χ4n) is 2.00. The van der Waals surface area contributed by atoms with E-state index in [-0.39, 0.29) is 0 Å². The summed E-state index contributed by atoms with van der Waals surface area (Å²) in [5.74, 6) is 0. The maximum Gasteiger partial charge on any atom is 0.404 e. The average molecular weight is 230 g/mol. The molecule has 1 rings (SSSR count). The molecule has 94 valence electrons. The summed E-state index contributed by atoms with van der Waals surface area (Å²) in [7, 11) is 0. The lowest BCUT2D eigenvalue weighted by atomic mass is 10.0. The molecule has 0 bridgehead atoms. The molecular weight excluding hydrogens is 208 g/mol. The summed E-state index contributed by atoms with van der Waals surface area (Å²) in [6, 6.07) is 0.474. The van der Waals surface area contributed by atoms with Crippen LogP contribution in [0.3, 0.4) is 0 Å². The van der Waals surface area contributed by atoms with Crippen LogP contribution < -0.4 is 11.1 Å². The Morgan fingerprint density at radius 1 is 1.62 bits per heavy atom. The lowest BCUT2D eigenvalue weighted by Gasteiger charge is -2.30. The molecular formula is C11H22N2O3. The lowest BCUT2D eigenvalue weighted by Crippen LogP contribution is -2.40. The topological polar surface area (TPSA) is 73.6 Å². The monoisotopic (exact) mass is 230 g/mol. The van der Waals surface area contributed by atoms with Gasteiger partial charge in [-0.1, -0.05) is 13.3 Å². The van der Waals surface area contributed by atoms with Crippen LogP contribution in [0.25, 0.3) is 0 Å². The van der Waals surface area contributed by atoms with E-state index in [1.54, 1.807) is 0 Å². The highest BCUT2D eigenvalue weighted by Crippen LogP contribution is 2.17. The largest absolute Gasteiger partial charge is 0.448 e. The van der Waals surface area contributed by atoms with Gasteiger partial charge in [0.15, 0.2) is 0 Å². The number of hydrogen-bond donors (Lipinski definition) is 2. The summed E-state index contributed by atoms with van der Waals surface area (Å²) >= 11 is 0. The van der Waals surface area contributed by atoms with Gasteiger partial charge in [0.25, 0.3) is 0 Å². The van der Waals surface area contributed by atoms with Gasteiger partial charge in [0, 0.05) is 19.2 Å². The molecule has 2 atom stereocenters. The maximum atomic E-state index is 10.3. The minimum absolute atomic E-state index is 0.338. The molecule has 0 aromatic carbocycles. The summed E-state index contributed by atoms with van der Waals surface area (Å²) in [6.07, 6.45) is 4.02. The van der Waals surface area contributed by atoms with Crippen molar-refractivity contribution >= 4 is 6.09 Å². The molecule has 1 aliphatic heterocycles. The van der Waals surface area contributed by atoms with Crippen LogP contribution in [0, 0.1) is 0 Å². The zero-order chi connectivity index (χ0) is 11.8. The van der Waals surface area contributed by atoms with E-state index in [0.29, 0.717) is 25.3 Å². The van der Waals surface area contributed by atoms with Crippen molar-refractivity contribution in [3.05, 3.63) is 0 Å². The van der Waals surface area contributed by atoms with Crippen molar-refractivity contribution in [3.63, 3.8) is 0 Å². The van der Waals surface area contributed by atoms with Crippen LogP contribution in [-0.2, 0) is 9.47 Å².